The molecule has 0 aliphatic rings. The number of hydrogen-bond donors (Lipinski definition) is 6. The van der Waals surface area contributed by atoms with Gasteiger partial charge < -0.3 is 31.9 Å². The molecule has 0 radical (unpaired) electrons. The van der Waals surface area contributed by atoms with E-state index in [1.54, 1.807) is 27.7 Å². The molecule has 0 aromatic heterocycles. The van der Waals surface area contributed by atoms with Gasteiger partial charge in [-0.25, -0.2) is 4.79 Å². The van der Waals surface area contributed by atoms with E-state index in [0.717, 1.165) is 0 Å². The van der Waals surface area contributed by atoms with Crippen LogP contribution in [0.3, 0.4) is 0 Å². The van der Waals surface area contributed by atoms with Crippen LogP contribution >= 0.6 is 0 Å². The molecule has 10 heteroatoms. The molecule has 3 amide bonds. The van der Waals surface area contributed by atoms with Crippen molar-refractivity contribution in [1.82, 2.24) is 16.0 Å². The van der Waals surface area contributed by atoms with E-state index in [9.17, 15) is 24.3 Å². The number of carbonyl (C=O) groups is 4. The molecular weight excluding hydrogens is 392 g/mol. The monoisotopic (exact) mass is 430 g/mol. The second-order valence-electron chi connectivity index (χ2n) is 8.10. The highest BCUT2D eigenvalue weighted by molar-refractivity contribution is 5.94. The van der Waals surface area contributed by atoms with Crippen LogP contribution in [0.15, 0.2) is 0 Å². The smallest absolute Gasteiger partial charge is 0.326 e. The van der Waals surface area contributed by atoms with Crippen molar-refractivity contribution in [2.75, 3.05) is 6.61 Å². The van der Waals surface area contributed by atoms with Gasteiger partial charge in [-0.05, 0) is 17.8 Å². The van der Waals surface area contributed by atoms with Crippen molar-refractivity contribution < 1.29 is 29.4 Å². The van der Waals surface area contributed by atoms with Gasteiger partial charge in [0.25, 0.3) is 0 Å². The van der Waals surface area contributed by atoms with Gasteiger partial charge in [0.15, 0.2) is 0 Å². The van der Waals surface area contributed by atoms with E-state index in [2.05, 4.69) is 16.0 Å². The molecule has 0 aliphatic heterocycles. The van der Waals surface area contributed by atoms with Gasteiger partial charge in [-0.2, -0.15) is 0 Å². The molecule has 0 rings (SSSR count). The molecule has 7 N–H and O–H groups in total. The van der Waals surface area contributed by atoms with Crippen molar-refractivity contribution in [1.29, 1.82) is 0 Å². The lowest BCUT2D eigenvalue weighted by molar-refractivity contribution is -0.144. The molecule has 0 saturated heterocycles. The Morgan fingerprint density at radius 2 is 1.17 bits per heavy atom. The first-order valence-electron chi connectivity index (χ1n) is 10.4. The minimum Gasteiger partial charge on any atom is -0.480 e. The first kappa shape index (κ1) is 27.8. The highest BCUT2D eigenvalue weighted by Gasteiger charge is 2.34. The van der Waals surface area contributed by atoms with Crippen LogP contribution in [0.1, 0.15) is 54.4 Å². The van der Waals surface area contributed by atoms with Crippen molar-refractivity contribution in [3.8, 4) is 0 Å². The number of nitrogens with one attached hydrogen (secondary N) is 3. The fourth-order valence-electron chi connectivity index (χ4n) is 2.75. The van der Waals surface area contributed by atoms with E-state index in [1.807, 2.05) is 13.8 Å². The van der Waals surface area contributed by atoms with Crippen molar-refractivity contribution in [2.24, 2.45) is 23.5 Å². The lowest BCUT2D eigenvalue weighted by atomic mass is 9.95. The normalized spacial score (nSPS) is 17.2. The summed E-state index contributed by atoms with van der Waals surface area (Å²) >= 11 is 0. The predicted molar refractivity (Wildman–Crippen MR) is 112 cm³/mol. The van der Waals surface area contributed by atoms with Crippen LogP contribution in [0, 0.1) is 17.8 Å². The van der Waals surface area contributed by atoms with E-state index in [-0.39, 0.29) is 17.8 Å². The number of carboxylic acid groups (broad SMARTS) is 1. The van der Waals surface area contributed by atoms with Gasteiger partial charge in [0.05, 0.1) is 6.61 Å². The summed E-state index contributed by atoms with van der Waals surface area (Å²) in [5, 5.41) is 26.1. The van der Waals surface area contributed by atoms with Crippen molar-refractivity contribution >= 4 is 23.7 Å². The Bertz CT molecular complexity index is 598. The molecule has 0 aromatic carbocycles. The number of rotatable bonds is 13. The van der Waals surface area contributed by atoms with Gasteiger partial charge in [-0.1, -0.05) is 54.4 Å². The average Bonchev–Trinajstić information content (AvgIpc) is 2.70. The van der Waals surface area contributed by atoms with E-state index < -0.39 is 54.5 Å². The third kappa shape index (κ3) is 8.27. The molecule has 0 saturated carbocycles. The quantitative estimate of drug-likeness (QED) is 0.231. The summed E-state index contributed by atoms with van der Waals surface area (Å²) in [5.41, 5.74) is 5.52. The zero-order valence-electron chi connectivity index (χ0n) is 18.8. The Balaban J connectivity index is 5.49. The van der Waals surface area contributed by atoms with Crippen LogP contribution in [-0.4, -0.2) is 64.7 Å². The molecule has 0 aliphatic carbocycles. The number of carbonyl (C=O) groups excluding carboxylic acids is 3. The molecule has 174 valence electrons. The maximum atomic E-state index is 12.9. The van der Waals surface area contributed by atoms with Crippen LogP contribution in [0.5, 0.6) is 0 Å². The first-order chi connectivity index (χ1) is 13.9. The van der Waals surface area contributed by atoms with E-state index in [1.165, 1.54) is 0 Å². The summed E-state index contributed by atoms with van der Waals surface area (Å²) in [6.07, 6.45) is 1.13. The molecule has 0 aromatic rings. The summed E-state index contributed by atoms with van der Waals surface area (Å²) in [7, 11) is 0. The molecule has 0 spiro atoms. The van der Waals surface area contributed by atoms with Gasteiger partial charge in [0.1, 0.15) is 24.2 Å². The molecule has 0 bridgehead atoms. The maximum absolute atomic E-state index is 12.9. The van der Waals surface area contributed by atoms with Gasteiger partial charge in [-0.15, -0.1) is 0 Å². The first-order valence-corrected chi connectivity index (χ1v) is 10.4. The number of nitrogens with two attached hydrogens (primary N) is 1. The highest BCUT2D eigenvalue weighted by atomic mass is 16.4. The Hall–Kier alpha value is -2.20. The SMILES string of the molecule is CCC(C)C(NC(=O)C(NC(=O)C(NC(=O)C(N)CO)C(C)CC)C(C)C)C(=O)O. The minimum absolute atomic E-state index is 0.261. The molecule has 10 nitrogen and oxygen atoms in total. The summed E-state index contributed by atoms with van der Waals surface area (Å²) in [6, 6.07) is -4.19. The van der Waals surface area contributed by atoms with Gasteiger partial charge in [-0.3, -0.25) is 14.4 Å². The molecule has 6 unspecified atom stereocenters. The third-order valence-corrected chi connectivity index (χ3v) is 5.35. The Labute approximate surface area is 178 Å². The molecule has 0 heterocycles. The van der Waals surface area contributed by atoms with Crippen LogP contribution in [-0.2, 0) is 19.2 Å². The predicted octanol–water partition coefficient (Wildman–Crippen LogP) is -0.407. The Kier molecular flexibility index (Phi) is 12.2. The minimum atomic E-state index is -1.17. The highest BCUT2D eigenvalue weighted by Crippen LogP contribution is 2.12. The van der Waals surface area contributed by atoms with E-state index >= 15 is 0 Å². The number of aliphatic carboxylic acids is 1. The largest absolute Gasteiger partial charge is 0.480 e. The van der Waals surface area contributed by atoms with Crippen LogP contribution in [0.2, 0.25) is 0 Å². The second kappa shape index (κ2) is 13.2. The number of carboxylic acids is 1. The Morgan fingerprint density at radius 3 is 1.57 bits per heavy atom. The molecule has 6 atom stereocenters. The molecule has 0 fully saturated rings. The number of aliphatic hydroxyl groups is 1. The van der Waals surface area contributed by atoms with E-state index in [0.29, 0.717) is 12.8 Å². The van der Waals surface area contributed by atoms with Crippen molar-refractivity contribution in [2.45, 2.75) is 78.6 Å². The van der Waals surface area contributed by atoms with Crippen LogP contribution in [0.4, 0.5) is 0 Å². The summed E-state index contributed by atoms with van der Waals surface area (Å²) in [6.45, 7) is 10.0. The summed E-state index contributed by atoms with van der Waals surface area (Å²) < 4.78 is 0. The van der Waals surface area contributed by atoms with Crippen LogP contribution in [0.25, 0.3) is 0 Å². The fraction of sp³-hybridized carbons (Fsp3) is 0.800. The number of hydrogen-bond acceptors (Lipinski definition) is 6. The summed E-state index contributed by atoms with van der Waals surface area (Å²) in [4.78, 5) is 49.2. The van der Waals surface area contributed by atoms with Gasteiger partial charge in [0.2, 0.25) is 17.7 Å². The van der Waals surface area contributed by atoms with Crippen molar-refractivity contribution in [3.05, 3.63) is 0 Å². The lowest BCUT2D eigenvalue weighted by Gasteiger charge is -2.30. The standard InChI is InChI=1S/C20H38N4O6/c1-7-11(5)15(23-17(26)13(21)9-25)19(28)22-14(10(3)4)18(27)24-16(20(29)30)12(6)8-2/h10-16,25H,7-9,21H2,1-6H3,(H,22,28)(H,23,26)(H,24,27)(H,29,30). The number of aliphatic hydroxyl groups excluding tert-OH is 1. The third-order valence-electron chi connectivity index (χ3n) is 5.35. The average molecular weight is 431 g/mol. The fourth-order valence-corrected chi connectivity index (χ4v) is 2.75. The second-order valence-corrected chi connectivity index (χ2v) is 8.10. The van der Waals surface area contributed by atoms with Crippen molar-refractivity contribution in [3.63, 3.8) is 0 Å². The van der Waals surface area contributed by atoms with Gasteiger partial charge in [0, 0.05) is 0 Å². The van der Waals surface area contributed by atoms with Crippen LogP contribution < -0.4 is 21.7 Å². The zero-order chi connectivity index (χ0) is 23.6. The Morgan fingerprint density at radius 1 is 0.767 bits per heavy atom. The summed E-state index contributed by atoms with van der Waals surface area (Å²) in [5.74, 6) is -3.88. The topological polar surface area (TPSA) is 171 Å². The van der Waals surface area contributed by atoms with E-state index in [4.69, 9.17) is 10.8 Å². The zero-order valence-corrected chi connectivity index (χ0v) is 18.8. The molecular formula is C20H38N4O6. The van der Waals surface area contributed by atoms with Gasteiger partial charge >= 0.3 is 5.97 Å². The maximum Gasteiger partial charge on any atom is 0.326 e. The number of amides is 3. The molecule has 30 heavy (non-hydrogen) atoms. The lowest BCUT2D eigenvalue weighted by Crippen LogP contribution is -2.60.